The zero-order valence-electron chi connectivity index (χ0n) is 17.5. The smallest absolute Gasteiger partial charge is 0.338 e. The SMILES string of the molecule is CC(=O)c1c(C)[nH]c(C(=O)COC(=O)c2ccc(CSc3ccc(Cl)cc3)cc2)c1C. The van der Waals surface area contributed by atoms with Crippen LogP contribution in [0.3, 0.4) is 0 Å². The van der Waals surface area contributed by atoms with Gasteiger partial charge in [0.05, 0.1) is 11.3 Å². The molecule has 0 amide bonds. The molecule has 31 heavy (non-hydrogen) atoms. The molecule has 0 aliphatic heterocycles. The topological polar surface area (TPSA) is 76.2 Å². The summed E-state index contributed by atoms with van der Waals surface area (Å²) in [6, 6.07) is 14.7. The van der Waals surface area contributed by atoms with Gasteiger partial charge in [0.1, 0.15) is 0 Å². The van der Waals surface area contributed by atoms with E-state index in [2.05, 4.69) is 4.98 Å². The number of nitrogens with one attached hydrogen (secondary N) is 1. The van der Waals surface area contributed by atoms with Gasteiger partial charge in [-0.1, -0.05) is 23.7 Å². The molecule has 0 spiro atoms. The molecule has 0 fully saturated rings. The predicted molar refractivity (Wildman–Crippen MR) is 122 cm³/mol. The number of aryl methyl sites for hydroxylation is 1. The Kier molecular flexibility index (Phi) is 7.36. The van der Waals surface area contributed by atoms with Gasteiger partial charge in [-0.15, -0.1) is 11.8 Å². The van der Waals surface area contributed by atoms with Gasteiger partial charge in [-0.05, 0) is 68.3 Å². The van der Waals surface area contributed by atoms with Crippen molar-refractivity contribution in [2.75, 3.05) is 6.61 Å². The van der Waals surface area contributed by atoms with Crippen LogP contribution in [0.2, 0.25) is 5.02 Å². The van der Waals surface area contributed by atoms with Gasteiger partial charge in [-0.2, -0.15) is 0 Å². The lowest BCUT2D eigenvalue weighted by atomic mass is 10.1. The van der Waals surface area contributed by atoms with Crippen LogP contribution in [-0.2, 0) is 10.5 Å². The van der Waals surface area contributed by atoms with Crippen LogP contribution in [0.15, 0.2) is 53.4 Å². The number of thioether (sulfide) groups is 1. The number of aromatic amines is 1. The number of carbonyl (C=O) groups is 3. The van der Waals surface area contributed by atoms with Gasteiger partial charge in [-0.3, -0.25) is 9.59 Å². The largest absolute Gasteiger partial charge is 0.454 e. The normalized spacial score (nSPS) is 10.7. The number of hydrogen-bond donors (Lipinski definition) is 1. The zero-order valence-corrected chi connectivity index (χ0v) is 19.0. The second kappa shape index (κ2) is 9.98. The van der Waals surface area contributed by atoms with Gasteiger partial charge < -0.3 is 9.72 Å². The third-order valence-corrected chi connectivity index (χ3v) is 6.15. The van der Waals surface area contributed by atoms with Crippen molar-refractivity contribution in [3.8, 4) is 0 Å². The summed E-state index contributed by atoms with van der Waals surface area (Å²) < 4.78 is 5.18. The number of H-pyrrole nitrogens is 1. The van der Waals surface area contributed by atoms with Crippen molar-refractivity contribution in [1.82, 2.24) is 4.98 Å². The summed E-state index contributed by atoms with van der Waals surface area (Å²) in [6.45, 7) is 4.50. The second-order valence-corrected chi connectivity index (χ2v) is 8.61. The van der Waals surface area contributed by atoms with Crippen molar-refractivity contribution in [1.29, 1.82) is 0 Å². The first-order chi connectivity index (χ1) is 14.8. The monoisotopic (exact) mass is 455 g/mol. The average molecular weight is 456 g/mol. The van der Waals surface area contributed by atoms with Crippen molar-refractivity contribution in [2.24, 2.45) is 0 Å². The van der Waals surface area contributed by atoms with Gasteiger partial charge in [-0.25, -0.2) is 4.79 Å². The number of benzene rings is 2. The van der Waals surface area contributed by atoms with Gasteiger partial charge in [0.25, 0.3) is 0 Å². The van der Waals surface area contributed by atoms with Crippen LogP contribution in [0.25, 0.3) is 0 Å². The molecule has 0 radical (unpaired) electrons. The molecule has 7 heteroatoms. The first-order valence-electron chi connectivity index (χ1n) is 9.64. The van der Waals surface area contributed by atoms with E-state index >= 15 is 0 Å². The van der Waals surface area contributed by atoms with Crippen LogP contribution in [-0.4, -0.2) is 29.1 Å². The number of carbonyl (C=O) groups excluding carboxylic acids is 3. The molecule has 0 aliphatic carbocycles. The molecule has 1 heterocycles. The average Bonchev–Trinajstić information content (AvgIpc) is 3.06. The lowest BCUT2D eigenvalue weighted by Crippen LogP contribution is -2.15. The molecule has 0 unspecified atom stereocenters. The summed E-state index contributed by atoms with van der Waals surface area (Å²) in [7, 11) is 0. The Bertz CT molecular complexity index is 1120. The molecule has 0 saturated carbocycles. The minimum absolute atomic E-state index is 0.114. The fraction of sp³-hybridized carbons (Fsp3) is 0.208. The highest BCUT2D eigenvalue weighted by molar-refractivity contribution is 7.98. The maximum absolute atomic E-state index is 12.5. The quantitative estimate of drug-likeness (QED) is 0.263. The van der Waals surface area contributed by atoms with Crippen molar-refractivity contribution < 1.29 is 19.1 Å². The summed E-state index contributed by atoms with van der Waals surface area (Å²) in [5.41, 5.74) is 3.44. The zero-order chi connectivity index (χ0) is 22.5. The third-order valence-electron chi connectivity index (χ3n) is 4.81. The first kappa shape index (κ1) is 22.8. The molecular formula is C24H22ClNO4S. The van der Waals surface area contributed by atoms with Crippen LogP contribution in [0.4, 0.5) is 0 Å². The fourth-order valence-electron chi connectivity index (χ4n) is 3.28. The lowest BCUT2D eigenvalue weighted by Gasteiger charge is -2.06. The summed E-state index contributed by atoms with van der Waals surface area (Å²) >= 11 is 7.56. The number of ketones is 2. The Labute approximate surface area is 190 Å². The van der Waals surface area contributed by atoms with Crippen molar-refractivity contribution in [2.45, 2.75) is 31.4 Å². The molecule has 160 valence electrons. The van der Waals surface area contributed by atoms with Crippen LogP contribution >= 0.6 is 23.4 Å². The maximum atomic E-state index is 12.5. The highest BCUT2D eigenvalue weighted by Crippen LogP contribution is 2.24. The maximum Gasteiger partial charge on any atom is 0.338 e. The van der Waals surface area contributed by atoms with E-state index in [0.717, 1.165) is 16.2 Å². The molecule has 3 aromatic rings. The fourth-order valence-corrected chi connectivity index (χ4v) is 4.26. The highest BCUT2D eigenvalue weighted by Gasteiger charge is 2.21. The lowest BCUT2D eigenvalue weighted by molar-refractivity contribution is 0.0473. The molecule has 5 nitrogen and oxygen atoms in total. The van der Waals surface area contributed by atoms with Crippen molar-refractivity contribution in [3.05, 3.63) is 87.2 Å². The van der Waals surface area contributed by atoms with E-state index in [9.17, 15) is 14.4 Å². The molecular weight excluding hydrogens is 434 g/mol. The Balaban J connectivity index is 1.56. The van der Waals surface area contributed by atoms with E-state index in [-0.39, 0.29) is 11.6 Å². The summed E-state index contributed by atoms with van der Waals surface area (Å²) in [6.07, 6.45) is 0. The second-order valence-electron chi connectivity index (χ2n) is 7.12. The number of rotatable bonds is 8. The summed E-state index contributed by atoms with van der Waals surface area (Å²) in [4.78, 5) is 40.5. The third kappa shape index (κ3) is 5.66. The molecule has 0 aliphatic rings. The van der Waals surface area contributed by atoms with Crippen LogP contribution in [0.5, 0.6) is 0 Å². The van der Waals surface area contributed by atoms with Gasteiger partial charge in [0, 0.05) is 26.9 Å². The first-order valence-corrected chi connectivity index (χ1v) is 11.0. The van der Waals surface area contributed by atoms with Crippen LogP contribution in [0.1, 0.15) is 54.9 Å². The number of hydrogen-bond acceptors (Lipinski definition) is 5. The molecule has 3 rings (SSSR count). The number of aromatic nitrogens is 1. The molecule has 2 aromatic carbocycles. The molecule has 0 atom stereocenters. The molecule has 0 bridgehead atoms. The summed E-state index contributed by atoms with van der Waals surface area (Å²) in [5.74, 6) is -0.314. The molecule has 1 N–H and O–H groups in total. The Hall–Kier alpha value is -2.83. The van der Waals surface area contributed by atoms with Gasteiger partial charge >= 0.3 is 5.97 Å². The minimum Gasteiger partial charge on any atom is -0.454 e. The van der Waals surface area contributed by atoms with Gasteiger partial charge in [0.15, 0.2) is 12.4 Å². The van der Waals surface area contributed by atoms with E-state index in [4.69, 9.17) is 16.3 Å². The number of Topliss-reactive ketones (excluding diaryl/α,β-unsaturated/α-hetero) is 2. The number of halogens is 1. The standard InChI is InChI=1S/C24H22ClNO4S/c1-14-22(16(3)27)15(2)26-23(14)21(28)12-30-24(29)18-6-4-17(5-7-18)13-31-20-10-8-19(25)9-11-20/h4-11,26H,12-13H2,1-3H3. The highest BCUT2D eigenvalue weighted by atomic mass is 35.5. The number of ether oxygens (including phenoxy) is 1. The minimum atomic E-state index is -0.571. The van der Waals surface area contributed by atoms with Crippen molar-refractivity contribution in [3.63, 3.8) is 0 Å². The van der Waals surface area contributed by atoms with Crippen molar-refractivity contribution >= 4 is 40.9 Å². The predicted octanol–water partition coefficient (Wildman–Crippen LogP) is 5.82. The van der Waals surface area contributed by atoms with E-state index < -0.39 is 12.6 Å². The van der Waals surface area contributed by atoms with Crippen LogP contribution < -0.4 is 0 Å². The van der Waals surface area contributed by atoms with E-state index in [1.807, 2.05) is 36.4 Å². The Morgan fingerprint density at radius 2 is 1.65 bits per heavy atom. The van der Waals surface area contributed by atoms with E-state index in [1.54, 1.807) is 37.7 Å². The van der Waals surface area contributed by atoms with E-state index in [0.29, 0.717) is 33.1 Å². The Morgan fingerprint density at radius 1 is 1.00 bits per heavy atom. The van der Waals surface area contributed by atoms with Crippen LogP contribution in [0, 0.1) is 13.8 Å². The molecule has 1 aromatic heterocycles. The number of esters is 1. The summed E-state index contributed by atoms with van der Waals surface area (Å²) in [5, 5.41) is 0.701. The molecule has 0 saturated heterocycles. The Morgan fingerprint density at radius 3 is 2.23 bits per heavy atom. The van der Waals surface area contributed by atoms with E-state index in [1.165, 1.54) is 6.92 Å². The van der Waals surface area contributed by atoms with Gasteiger partial charge in [0.2, 0.25) is 5.78 Å².